The second-order valence-electron chi connectivity index (χ2n) is 6.42. The second kappa shape index (κ2) is 6.70. The molecule has 1 fully saturated rings. The summed E-state index contributed by atoms with van der Waals surface area (Å²) in [5.74, 6) is 0. The normalized spacial score (nSPS) is 28.3. The molecular weight excluding hydrogens is 250 g/mol. The van der Waals surface area contributed by atoms with E-state index < -0.39 is 0 Å². The summed E-state index contributed by atoms with van der Waals surface area (Å²) < 4.78 is 0. The van der Waals surface area contributed by atoms with Crippen molar-refractivity contribution in [2.75, 3.05) is 6.54 Å². The molecule has 1 aromatic carbocycles. The van der Waals surface area contributed by atoms with E-state index in [4.69, 9.17) is 0 Å². The van der Waals surface area contributed by atoms with Gasteiger partial charge >= 0.3 is 0 Å². The first-order valence-electron chi connectivity index (χ1n) is 7.66. The molecule has 3 unspecified atom stereocenters. The molecule has 0 amide bonds. The van der Waals surface area contributed by atoms with Crippen molar-refractivity contribution in [2.45, 2.75) is 58.3 Å². The third kappa shape index (κ3) is 3.60. The zero-order chi connectivity index (χ0) is 14.6. The van der Waals surface area contributed by atoms with Crippen LogP contribution in [0.2, 0.25) is 0 Å². The van der Waals surface area contributed by atoms with Crippen molar-refractivity contribution in [1.29, 1.82) is 0 Å². The van der Waals surface area contributed by atoms with Crippen LogP contribution in [0.25, 0.3) is 0 Å². The lowest BCUT2D eigenvalue weighted by molar-refractivity contribution is -0.0000142. The summed E-state index contributed by atoms with van der Waals surface area (Å²) in [5, 5.41) is 23.0. The van der Waals surface area contributed by atoms with E-state index in [0.717, 1.165) is 31.4 Å². The fourth-order valence-corrected chi connectivity index (χ4v) is 3.05. The Hall–Kier alpha value is -0.900. The third-order valence-electron chi connectivity index (χ3n) is 4.73. The average molecular weight is 277 g/mol. The lowest BCUT2D eigenvalue weighted by Crippen LogP contribution is -2.44. The van der Waals surface area contributed by atoms with Crippen molar-refractivity contribution in [2.24, 2.45) is 5.41 Å². The Labute approximate surface area is 122 Å². The van der Waals surface area contributed by atoms with Crippen molar-refractivity contribution >= 4 is 0 Å². The first-order chi connectivity index (χ1) is 9.55. The van der Waals surface area contributed by atoms with E-state index in [1.165, 1.54) is 12.0 Å². The van der Waals surface area contributed by atoms with Crippen LogP contribution in [0.15, 0.2) is 24.3 Å². The van der Waals surface area contributed by atoms with E-state index >= 15 is 0 Å². The van der Waals surface area contributed by atoms with Gasteiger partial charge in [0.1, 0.15) is 0 Å². The van der Waals surface area contributed by atoms with Crippen LogP contribution < -0.4 is 5.32 Å². The van der Waals surface area contributed by atoms with Crippen LogP contribution in [0.4, 0.5) is 0 Å². The minimum Gasteiger partial charge on any atom is -0.393 e. The molecule has 0 saturated heterocycles. The molecule has 3 heteroatoms. The molecule has 3 N–H and O–H groups in total. The Morgan fingerprint density at radius 3 is 2.90 bits per heavy atom. The first kappa shape index (κ1) is 15.5. The van der Waals surface area contributed by atoms with E-state index in [-0.39, 0.29) is 24.2 Å². The molecule has 0 radical (unpaired) electrons. The zero-order valence-electron chi connectivity index (χ0n) is 12.6. The predicted octanol–water partition coefficient (Wildman–Crippen LogP) is 2.77. The standard InChI is InChI=1S/C17H27NO2/c1-13(15-7-5-6-14(10-15)11-19)18-12-17(2)9-4-3-8-16(17)20/h5-7,10,13,16,18-20H,3-4,8-9,11-12H2,1-2H3. The van der Waals surface area contributed by atoms with E-state index in [1.807, 2.05) is 18.2 Å². The maximum atomic E-state index is 10.2. The average Bonchev–Trinajstić information content (AvgIpc) is 2.48. The van der Waals surface area contributed by atoms with Crippen LogP contribution in [-0.4, -0.2) is 22.9 Å². The smallest absolute Gasteiger partial charge is 0.0681 e. The summed E-state index contributed by atoms with van der Waals surface area (Å²) in [6, 6.07) is 8.26. The molecule has 1 saturated carbocycles. The van der Waals surface area contributed by atoms with Gasteiger partial charge in [-0.05, 0) is 30.9 Å². The lowest BCUT2D eigenvalue weighted by Gasteiger charge is -2.39. The minimum absolute atomic E-state index is 0.0128. The highest BCUT2D eigenvalue weighted by Gasteiger charge is 2.35. The monoisotopic (exact) mass is 277 g/mol. The van der Waals surface area contributed by atoms with E-state index in [9.17, 15) is 10.2 Å². The Morgan fingerprint density at radius 2 is 2.20 bits per heavy atom. The topological polar surface area (TPSA) is 52.5 Å². The highest BCUT2D eigenvalue weighted by atomic mass is 16.3. The zero-order valence-corrected chi connectivity index (χ0v) is 12.6. The number of nitrogens with one attached hydrogen (secondary N) is 1. The fraction of sp³-hybridized carbons (Fsp3) is 0.647. The molecule has 1 aliphatic carbocycles. The molecule has 1 aliphatic rings. The van der Waals surface area contributed by atoms with Crippen LogP contribution in [0.5, 0.6) is 0 Å². The SMILES string of the molecule is CC(NCC1(C)CCCCC1O)c1cccc(CO)c1. The summed E-state index contributed by atoms with van der Waals surface area (Å²) in [6.07, 6.45) is 4.17. The Morgan fingerprint density at radius 1 is 1.40 bits per heavy atom. The van der Waals surface area contributed by atoms with Gasteiger partial charge in [0.2, 0.25) is 0 Å². The molecule has 3 nitrogen and oxygen atoms in total. The van der Waals surface area contributed by atoms with Crippen molar-refractivity contribution in [3.05, 3.63) is 35.4 Å². The highest BCUT2D eigenvalue weighted by molar-refractivity contribution is 5.25. The second-order valence-corrected chi connectivity index (χ2v) is 6.42. The van der Waals surface area contributed by atoms with Gasteiger partial charge in [0, 0.05) is 18.0 Å². The number of hydrogen-bond donors (Lipinski definition) is 3. The van der Waals surface area contributed by atoms with Gasteiger partial charge in [-0.3, -0.25) is 0 Å². The van der Waals surface area contributed by atoms with Gasteiger partial charge in [0.05, 0.1) is 12.7 Å². The Kier molecular flexibility index (Phi) is 5.19. The van der Waals surface area contributed by atoms with Gasteiger partial charge in [-0.2, -0.15) is 0 Å². The molecule has 2 rings (SSSR count). The van der Waals surface area contributed by atoms with Gasteiger partial charge in [0.25, 0.3) is 0 Å². The van der Waals surface area contributed by atoms with Crippen molar-refractivity contribution in [3.8, 4) is 0 Å². The van der Waals surface area contributed by atoms with Crippen LogP contribution in [0.1, 0.15) is 56.7 Å². The summed E-state index contributed by atoms with van der Waals surface area (Å²) in [5.41, 5.74) is 2.12. The van der Waals surface area contributed by atoms with Crippen molar-refractivity contribution < 1.29 is 10.2 Å². The molecule has 0 aromatic heterocycles. The molecule has 0 bridgehead atoms. The maximum Gasteiger partial charge on any atom is 0.0681 e. The van der Waals surface area contributed by atoms with E-state index in [2.05, 4.69) is 25.2 Å². The molecule has 0 aliphatic heterocycles. The molecule has 20 heavy (non-hydrogen) atoms. The molecule has 0 heterocycles. The molecular formula is C17H27NO2. The predicted molar refractivity (Wildman–Crippen MR) is 81.4 cm³/mol. The Balaban J connectivity index is 1.95. The van der Waals surface area contributed by atoms with Gasteiger partial charge in [-0.15, -0.1) is 0 Å². The number of aliphatic hydroxyl groups excluding tert-OH is 2. The number of hydrogen-bond acceptors (Lipinski definition) is 3. The largest absolute Gasteiger partial charge is 0.393 e. The number of benzene rings is 1. The Bertz CT molecular complexity index is 435. The fourth-order valence-electron chi connectivity index (χ4n) is 3.05. The highest BCUT2D eigenvalue weighted by Crippen LogP contribution is 2.36. The van der Waals surface area contributed by atoms with Crippen LogP contribution in [0, 0.1) is 5.41 Å². The molecule has 3 atom stereocenters. The van der Waals surface area contributed by atoms with Crippen molar-refractivity contribution in [1.82, 2.24) is 5.32 Å². The summed E-state index contributed by atoms with van der Waals surface area (Å²) in [4.78, 5) is 0. The number of rotatable bonds is 5. The van der Waals surface area contributed by atoms with Gasteiger partial charge in [-0.25, -0.2) is 0 Å². The quantitative estimate of drug-likeness (QED) is 0.775. The van der Waals surface area contributed by atoms with Crippen LogP contribution in [-0.2, 0) is 6.61 Å². The molecule has 112 valence electrons. The summed E-state index contributed by atoms with van der Waals surface area (Å²) >= 11 is 0. The van der Waals surface area contributed by atoms with Crippen molar-refractivity contribution in [3.63, 3.8) is 0 Å². The van der Waals surface area contributed by atoms with Crippen LogP contribution in [0.3, 0.4) is 0 Å². The van der Waals surface area contributed by atoms with Gasteiger partial charge in [-0.1, -0.05) is 44.0 Å². The molecule has 0 spiro atoms. The third-order valence-corrected chi connectivity index (χ3v) is 4.73. The first-order valence-corrected chi connectivity index (χ1v) is 7.66. The minimum atomic E-state index is -0.195. The maximum absolute atomic E-state index is 10.2. The van der Waals surface area contributed by atoms with Gasteiger partial charge < -0.3 is 15.5 Å². The van der Waals surface area contributed by atoms with Crippen LogP contribution >= 0.6 is 0 Å². The van der Waals surface area contributed by atoms with Gasteiger partial charge in [0.15, 0.2) is 0 Å². The van der Waals surface area contributed by atoms with E-state index in [0.29, 0.717) is 0 Å². The summed E-state index contributed by atoms with van der Waals surface area (Å²) in [7, 11) is 0. The van der Waals surface area contributed by atoms with E-state index in [1.54, 1.807) is 0 Å². The molecule has 1 aromatic rings. The number of aliphatic hydroxyl groups is 2. The lowest BCUT2D eigenvalue weighted by atomic mass is 9.73. The summed E-state index contributed by atoms with van der Waals surface area (Å²) in [6.45, 7) is 5.23.